The third-order valence-electron chi connectivity index (χ3n) is 2.30. The van der Waals surface area contributed by atoms with Crippen LogP contribution in [0.15, 0.2) is 29.2 Å². The molecule has 0 unspecified atom stereocenters. The van der Waals surface area contributed by atoms with E-state index < -0.39 is 0 Å². The zero-order chi connectivity index (χ0) is 12.7. The van der Waals surface area contributed by atoms with E-state index in [1.54, 1.807) is 0 Å². The van der Waals surface area contributed by atoms with Gasteiger partial charge in [-0.05, 0) is 23.6 Å². The summed E-state index contributed by atoms with van der Waals surface area (Å²) in [6, 6.07) is 8.31. The maximum atomic E-state index is 11.3. The van der Waals surface area contributed by atoms with Gasteiger partial charge in [-0.15, -0.1) is 18.2 Å². The van der Waals surface area contributed by atoms with E-state index in [0.29, 0.717) is 18.2 Å². The molecule has 90 valence electrons. The fourth-order valence-corrected chi connectivity index (χ4v) is 2.03. The average molecular weight is 247 g/mol. The zero-order valence-corrected chi connectivity index (χ0v) is 11.0. The molecule has 0 aliphatic heterocycles. The summed E-state index contributed by atoms with van der Waals surface area (Å²) in [5.74, 6) is 3.29. The molecule has 0 aliphatic carbocycles. The van der Waals surface area contributed by atoms with Gasteiger partial charge in [0.15, 0.2) is 0 Å². The summed E-state index contributed by atoms with van der Waals surface area (Å²) in [6.07, 6.45) is 5.06. The SMILES string of the molecule is C#CCNC(=O)CSc1ccc(C(C)C)cc1. The maximum Gasteiger partial charge on any atom is 0.231 e. The predicted molar refractivity (Wildman–Crippen MR) is 73.1 cm³/mol. The van der Waals surface area contributed by atoms with Crippen molar-refractivity contribution in [1.29, 1.82) is 0 Å². The first-order valence-corrected chi connectivity index (χ1v) is 6.55. The number of rotatable bonds is 5. The average Bonchev–Trinajstić information content (AvgIpc) is 2.34. The van der Waals surface area contributed by atoms with Gasteiger partial charge in [-0.2, -0.15) is 0 Å². The Hall–Kier alpha value is -1.40. The maximum absolute atomic E-state index is 11.3. The molecular formula is C14H17NOS. The van der Waals surface area contributed by atoms with Crippen LogP contribution in [0, 0.1) is 12.3 Å². The van der Waals surface area contributed by atoms with Crippen molar-refractivity contribution in [3.63, 3.8) is 0 Å². The van der Waals surface area contributed by atoms with Crippen LogP contribution in [0.3, 0.4) is 0 Å². The monoisotopic (exact) mass is 247 g/mol. The zero-order valence-electron chi connectivity index (χ0n) is 10.2. The van der Waals surface area contributed by atoms with E-state index in [4.69, 9.17) is 6.42 Å². The summed E-state index contributed by atoms with van der Waals surface area (Å²) < 4.78 is 0. The standard InChI is InChI=1S/C14H17NOS/c1-4-9-15-14(16)10-17-13-7-5-12(6-8-13)11(2)3/h1,5-8,11H,9-10H2,2-3H3,(H,15,16). The van der Waals surface area contributed by atoms with Crippen molar-refractivity contribution >= 4 is 17.7 Å². The Morgan fingerprint density at radius 1 is 1.41 bits per heavy atom. The van der Waals surface area contributed by atoms with Crippen molar-refractivity contribution in [1.82, 2.24) is 5.32 Å². The minimum atomic E-state index is -0.0270. The van der Waals surface area contributed by atoms with E-state index in [-0.39, 0.29) is 5.91 Å². The molecule has 1 N–H and O–H groups in total. The minimum Gasteiger partial charge on any atom is -0.344 e. The molecule has 17 heavy (non-hydrogen) atoms. The number of thioether (sulfide) groups is 1. The van der Waals surface area contributed by atoms with Gasteiger partial charge in [0, 0.05) is 4.90 Å². The first kappa shape index (κ1) is 13.7. The molecule has 0 aliphatic rings. The fraction of sp³-hybridized carbons (Fsp3) is 0.357. The number of carbonyl (C=O) groups is 1. The van der Waals surface area contributed by atoms with Crippen LogP contribution >= 0.6 is 11.8 Å². The van der Waals surface area contributed by atoms with Crippen LogP contribution in [0.25, 0.3) is 0 Å². The summed E-state index contributed by atoms with van der Waals surface area (Å²) in [4.78, 5) is 12.4. The Labute approximate surface area is 107 Å². The van der Waals surface area contributed by atoms with Crippen LogP contribution < -0.4 is 5.32 Å². The second-order valence-corrected chi connectivity index (χ2v) is 5.04. The quantitative estimate of drug-likeness (QED) is 0.640. The van der Waals surface area contributed by atoms with Gasteiger partial charge in [0.2, 0.25) is 5.91 Å². The Morgan fingerprint density at radius 2 is 2.06 bits per heavy atom. The fourth-order valence-electron chi connectivity index (χ4n) is 1.30. The number of hydrogen-bond acceptors (Lipinski definition) is 2. The minimum absolute atomic E-state index is 0.0270. The number of nitrogens with one attached hydrogen (secondary N) is 1. The van der Waals surface area contributed by atoms with E-state index in [1.807, 2.05) is 0 Å². The summed E-state index contributed by atoms with van der Waals surface area (Å²) in [6.45, 7) is 4.62. The van der Waals surface area contributed by atoms with Gasteiger partial charge in [0.1, 0.15) is 0 Å². The highest BCUT2D eigenvalue weighted by Gasteiger charge is 2.02. The van der Waals surface area contributed by atoms with Gasteiger partial charge in [-0.3, -0.25) is 4.79 Å². The van der Waals surface area contributed by atoms with Gasteiger partial charge < -0.3 is 5.32 Å². The lowest BCUT2D eigenvalue weighted by Gasteiger charge is -2.06. The van der Waals surface area contributed by atoms with Gasteiger partial charge in [0.05, 0.1) is 12.3 Å². The highest BCUT2D eigenvalue weighted by Crippen LogP contribution is 2.21. The van der Waals surface area contributed by atoms with Crippen LogP contribution in [-0.4, -0.2) is 18.2 Å². The van der Waals surface area contributed by atoms with Crippen LogP contribution in [0.2, 0.25) is 0 Å². The predicted octanol–water partition coefficient (Wildman–Crippen LogP) is 2.65. The Kier molecular flexibility index (Phi) is 5.65. The van der Waals surface area contributed by atoms with Crippen molar-refractivity contribution in [2.24, 2.45) is 0 Å². The first-order chi connectivity index (χ1) is 8.13. The number of hydrogen-bond donors (Lipinski definition) is 1. The molecule has 0 saturated heterocycles. The van der Waals surface area contributed by atoms with Crippen molar-refractivity contribution in [2.45, 2.75) is 24.7 Å². The molecule has 0 bridgehead atoms. The number of benzene rings is 1. The molecule has 0 aromatic heterocycles. The third kappa shape index (κ3) is 4.97. The number of carbonyl (C=O) groups excluding carboxylic acids is 1. The lowest BCUT2D eigenvalue weighted by atomic mass is 10.0. The Morgan fingerprint density at radius 3 is 2.59 bits per heavy atom. The molecule has 2 nitrogen and oxygen atoms in total. The van der Waals surface area contributed by atoms with Crippen molar-refractivity contribution < 1.29 is 4.79 Å². The van der Waals surface area contributed by atoms with Gasteiger partial charge >= 0.3 is 0 Å². The molecule has 1 aromatic carbocycles. The van der Waals surface area contributed by atoms with Crippen LogP contribution in [-0.2, 0) is 4.79 Å². The summed E-state index contributed by atoms with van der Waals surface area (Å²) in [5, 5.41) is 2.64. The number of amides is 1. The molecule has 3 heteroatoms. The largest absolute Gasteiger partial charge is 0.344 e. The van der Waals surface area contributed by atoms with E-state index in [1.165, 1.54) is 17.3 Å². The first-order valence-electron chi connectivity index (χ1n) is 5.56. The topological polar surface area (TPSA) is 29.1 Å². The molecule has 0 saturated carbocycles. The van der Waals surface area contributed by atoms with Crippen molar-refractivity contribution in [2.75, 3.05) is 12.3 Å². The van der Waals surface area contributed by atoms with Crippen molar-refractivity contribution in [3.8, 4) is 12.3 Å². The molecule has 0 fully saturated rings. The lowest BCUT2D eigenvalue weighted by Crippen LogP contribution is -2.25. The normalized spacial score (nSPS) is 10.0. The third-order valence-corrected chi connectivity index (χ3v) is 3.32. The van der Waals surface area contributed by atoms with E-state index in [0.717, 1.165) is 4.90 Å². The molecule has 0 spiro atoms. The smallest absolute Gasteiger partial charge is 0.231 e. The lowest BCUT2D eigenvalue weighted by molar-refractivity contribution is -0.118. The van der Waals surface area contributed by atoms with E-state index in [9.17, 15) is 4.79 Å². The van der Waals surface area contributed by atoms with Crippen LogP contribution in [0.1, 0.15) is 25.3 Å². The second kappa shape index (κ2) is 7.03. The highest BCUT2D eigenvalue weighted by atomic mass is 32.2. The van der Waals surface area contributed by atoms with E-state index >= 15 is 0 Å². The molecule has 1 aromatic rings. The molecular weight excluding hydrogens is 230 g/mol. The van der Waals surface area contributed by atoms with Crippen LogP contribution in [0.4, 0.5) is 0 Å². The van der Waals surface area contributed by atoms with Gasteiger partial charge in [-0.1, -0.05) is 31.9 Å². The Bertz CT molecular complexity index is 403. The Balaban J connectivity index is 2.42. The summed E-state index contributed by atoms with van der Waals surface area (Å²) in [7, 11) is 0. The highest BCUT2D eigenvalue weighted by molar-refractivity contribution is 8.00. The van der Waals surface area contributed by atoms with Gasteiger partial charge in [-0.25, -0.2) is 0 Å². The summed E-state index contributed by atoms with van der Waals surface area (Å²) >= 11 is 1.52. The second-order valence-electron chi connectivity index (χ2n) is 3.99. The van der Waals surface area contributed by atoms with Gasteiger partial charge in [0.25, 0.3) is 0 Å². The van der Waals surface area contributed by atoms with Crippen molar-refractivity contribution in [3.05, 3.63) is 29.8 Å². The van der Waals surface area contributed by atoms with Crippen LogP contribution in [0.5, 0.6) is 0 Å². The van der Waals surface area contributed by atoms with E-state index in [2.05, 4.69) is 49.4 Å². The molecule has 0 heterocycles. The molecule has 0 radical (unpaired) electrons. The molecule has 1 amide bonds. The summed E-state index contributed by atoms with van der Waals surface area (Å²) in [5.41, 5.74) is 1.31. The molecule has 1 rings (SSSR count). The molecule has 0 atom stereocenters. The number of terminal acetylenes is 1.